The molecule has 0 amide bonds. The van der Waals surface area contributed by atoms with Crippen LogP contribution in [0.2, 0.25) is 0 Å². The SMILES string of the molecule is Cc1cn([C@@H]2O[C@H]([C@@H](COC(=O)c3ccccc3)OC(=O)c3ccccc3)C3(OS(=O)(=O)C=C3N)C2O)c(=O)[nH]c1=O. The van der Waals surface area contributed by atoms with Crippen LogP contribution in [0.15, 0.2) is 87.6 Å². The molecule has 1 fully saturated rings. The number of benzene rings is 2. The summed E-state index contributed by atoms with van der Waals surface area (Å²) in [6.45, 7) is 0.690. The van der Waals surface area contributed by atoms with Crippen LogP contribution in [-0.2, 0) is 28.5 Å². The number of nitrogens with two attached hydrogens (primary N) is 1. The van der Waals surface area contributed by atoms with Crippen molar-refractivity contribution in [3.63, 3.8) is 0 Å². The van der Waals surface area contributed by atoms with E-state index in [9.17, 15) is 32.7 Å². The standard InChI is InChI=1S/C27H25N3O11S/c1-15-12-30(26(35)29-22(15)32)23-20(31)27(19(28)14-42(36,37)41-27)21(40-23)18(39-25(34)17-10-6-3-7-11-17)13-38-24(33)16-8-4-2-5-9-16/h2-12,14,18,20-21,23,31H,13,28H2,1H3,(H,29,32,35)/t18-,20?,21-,23-,27?/m1/s1. The Balaban J connectivity index is 1.58. The van der Waals surface area contributed by atoms with Crippen molar-refractivity contribution < 1.29 is 41.5 Å². The van der Waals surface area contributed by atoms with Gasteiger partial charge in [0.25, 0.3) is 15.7 Å². The third-order valence-electron chi connectivity index (χ3n) is 6.81. The molecule has 0 aliphatic carbocycles. The van der Waals surface area contributed by atoms with Crippen LogP contribution < -0.4 is 17.0 Å². The van der Waals surface area contributed by atoms with Gasteiger partial charge in [-0.05, 0) is 31.2 Å². The van der Waals surface area contributed by atoms with Gasteiger partial charge in [-0.1, -0.05) is 36.4 Å². The second kappa shape index (κ2) is 11.0. The van der Waals surface area contributed by atoms with E-state index in [0.29, 0.717) is 5.41 Å². The van der Waals surface area contributed by atoms with E-state index in [2.05, 4.69) is 4.98 Å². The van der Waals surface area contributed by atoms with Crippen LogP contribution in [0.3, 0.4) is 0 Å². The summed E-state index contributed by atoms with van der Waals surface area (Å²) in [4.78, 5) is 52.6. The topological polar surface area (TPSA) is 206 Å². The van der Waals surface area contributed by atoms with Crippen LogP contribution in [0, 0.1) is 6.92 Å². The van der Waals surface area contributed by atoms with E-state index in [1.807, 2.05) is 0 Å². The van der Waals surface area contributed by atoms with Crippen molar-refractivity contribution in [1.29, 1.82) is 0 Å². The van der Waals surface area contributed by atoms with E-state index in [-0.39, 0.29) is 16.7 Å². The van der Waals surface area contributed by atoms with Gasteiger partial charge in [-0.3, -0.25) is 14.3 Å². The molecule has 4 N–H and O–H groups in total. The number of esters is 2. The Hall–Kier alpha value is -4.57. The van der Waals surface area contributed by atoms with Crippen LogP contribution in [0.4, 0.5) is 0 Å². The minimum atomic E-state index is -4.49. The number of ether oxygens (including phenoxy) is 3. The Morgan fingerprint density at radius 1 is 1.07 bits per heavy atom. The van der Waals surface area contributed by atoms with E-state index in [1.165, 1.54) is 31.2 Å². The summed E-state index contributed by atoms with van der Waals surface area (Å²) in [6.07, 6.45) is -5.98. The molecule has 2 aliphatic heterocycles. The first-order valence-corrected chi connectivity index (χ1v) is 14.0. The first-order chi connectivity index (χ1) is 19.9. The number of aliphatic hydroxyl groups is 1. The second-order valence-corrected chi connectivity index (χ2v) is 11.0. The lowest BCUT2D eigenvalue weighted by atomic mass is 9.86. The van der Waals surface area contributed by atoms with Gasteiger partial charge in [0.05, 0.1) is 22.2 Å². The zero-order valence-corrected chi connectivity index (χ0v) is 22.7. The highest BCUT2D eigenvalue weighted by molar-refractivity contribution is 7.90. The van der Waals surface area contributed by atoms with Gasteiger partial charge in [0.2, 0.25) is 0 Å². The number of hydrogen-bond donors (Lipinski definition) is 3. The van der Waals surface area contributed by atoms with E-state index >= 15 is 0 Å². The van der Waals surface area contributed by atoms with Crippen molar-refractivity contribution in [2.45, 2.75) is 37.1 Å². The van der Waals surface area contributed by atoms with E-state index in [4.69, 9.17) is 24.1 Å². The molecule has 2 aliphatic rings. The smallest absolute Gasteiger partial charge is 0.338 e. The van der Waals surface area contributed by atoms with Gasteiger partial charge in [-0.25, -0.2) is 18.6 Å². The molecule has 220 valence electrons. The molecular formula is C27H25N3O11S. The van der Waals surface area contributed by atoms with Crippen LogP contribution >= 0.6 is 0 Å². The number of carbonyl (C=O) groups excluding carboxylic acids is 2. The number of hydrogen-bond acceptors (Lipinski definition) is 12. The Morgan fingerprint density at radius 2 is 1.67 bits per heavy atom. The number of aromatic amines is 1. The monoisotopic (exact) mass is 599 g/mol. The Labute approximate surface area is 238 Å². The van der Waals surface area contributed by atoms with E-state index < -0.39 is 75.8 Å². The molecule has 1 saturated heterocycles. The van der Waals surface area contributed by atoms with Crippen molar-refractivity contribution in [1.82, 2.24) is 9.55 Å². The van der Waals surface area contributed by atoms with Crippen LogP contribution in [0.5, 0.6) is 0 Å². The molecule has 5 rings (SSSR count). The van der Waals surface area contributed by atoms with Gasteiger partial charge in [-0.2, -0.15) is 8.42 Å². The molecule has 5 atom stereocenters. The Bertz CT molecular complexity index is 1770. The number of aliphatic hydroxyl groups excluding tert-OH is 1. The zero-order chi connectivity index (χ0) is 30.2. The van der Waals surface area contributed by atoms with Gasteiger partial charge in [0.15, 0.2) is 17.9 Å². The molecule has 3 heterocycles. The normalized spacial score (nSPS) is 25.1. The largest absolute Gasteiger partial charge is 0.458 e. The average Bonchev–Trinajstić information content (AvgIpc) is 3.39. The number of carbonyl (C=O) groups is 2. The van der Waals surface area contributed by atoms with Gasteiger partial charge < -0.3 is 25.1 Å². The fraction of sp³-hybridized carbons (Fsp3) is 0.259. The van der Waals surface area contributed by atoms with Crippen molar-refractivity contribution in [3.8, 4) is 0 Å². The number of nitrogens with zero attached hydrogens (tertiary/aromatic N) is 1. The minimum Gasteiger partial charge on any atom is -0.458 e. The maximum atomic E-state index is 13.1. The number of aryl methyl sites for hydroxylation is 1. The summed E-state index contributed by atoms with van der Waals surface area (Å²) in [5.41, 5.74) is 1.80. The Morgan fingerprint density at radius 3 is 2.24 bits per heavy atom. The Kier molecular flexibility index (Phi) is 7.59. The maximum absolute atomic E-state index is 13.1. The summed E-state index contributed by atoms with van der Waals surface area (Å²) in [5, 5.41) is 12.0. The van der Waals surface area contributed by atoms with Crippen molar-refractivity contribution in [2.24, 2.45) is 5.73 Å². The summed E-state index contributed by atoms with van der Waals surface area (Å²) in [6, 6.07) is 15.6. The molecule has 14 nitrogen and oxygen atoms in total. The van der Waals surface area contributed by atoms with Crippen LogP contribution in [-0.4, -0.2) is 65.5 Å². The number of nitrogens with one attached hydrogen (secondary N) is 1. The lowest BCUT2D eigenvalue weighted by Gasteiger charge is -2.34. The summed E-state index contributed by atoms with van der Waals surface area (Å²) in [5.74, 6) is -1.72. The van der Waals surface area contributed by atoms with E-state index in [1.54, 1.807) is 36.4 Å². The average molecular weight is 600 g/mol. The molecule has 0 bridgehead atoms. The number of H-pyrrole nitrogens is 1. The number of rotatable bonds is 7. The van der Waals surface area contributed by atoms with Gasteiger partial charge in [0.1, 0.15) is 18.8 Å². The maximum Gasteiger partial charge on any atom is 0.338 e. The molecule has 2 unspecified atom stereocenters. The molecule has 1 aromatic heterocycles. The zero-order valence-electron chi connectivity index (χ0n) is 21.9. The number of aromatic nitrogens is 2. The predicted octanol–water partition coefficient (Wildman–Crippen LogP) is 0.0848. The fourth-order valence-electron chi connectivity index (χ4n) is 4.78. The van der Waals surface area contributed by atoms with Crippen LogP contribution in [0.25, 0.3) is 0 Å². The van der Waals surface area contributed by atoms with Crippen molar-refractivity contribution >= 4 is 22.1 Å². The second-order valence-electron chi connectivity index (χ2n) is 9.59. The highest BCUT2D eigenvalue weighted by Crippen LogP contribution is 2.48. The minimum absolute atomic E-state index is 0.0650. The van der Waals surface area contributed by atoms with Crippen LogP contribution in [0.1, 0.15) is 32.5 Å². The third-order valence-corrected chi connectivity index (χ3v) is 7.86. The van der Waals surface area contributed by atoms with Gasteiger partial charge in [-0.15, -0.1) is 0 Å². The molecule has 1 spiro atoms. The summed E-state index contributed by atoms with van der Waals surface area (Å²) < 4.78 is 48.3. The highest BCUT2D eigenvalue weighted by atomic mass is 32.2. The van der Waals surface area contributed by atoms with E-state index in [0.717, 1.165) is 10.8 Å². The van der Waals surface area contributed by atoms with Gasteiger partial charge >= 0.3 is 17.6 Å². The van der Waals surface area contributed by atoms with Crippen molar-refractivity contribution in [2.75, 3.05) is 6.61 Å². The first kappa shape index (κ1) is 28.9. The fourth-order valence-corrected chi connectivity index (χ4v) is 6.00. The third kappa shape index (κ3) is 5.25. The summed E-state index contributed by atoms with van der Waals surface area (Å²) >= 11 is 0. The molecule has 42 heavy (non-hydrogen) atoms. The summed E-state index contributed by atoms with van der Waals surface area (Å²) in [7, 11) is -4.49. The molecule has 0 saturated carbocycles. The predicted molar refractivity (Wildman–Crippen MR) is 143 cm³/mol. The molecular weight excluding hydrogens is 574 g/mol. The molecule has 3 aromatic rings. The molecule has 0 radical (unpaired) electrons. The first-order valence-electron chi connectivity index (χ1n) is 12.5. The van der Waals surface area contributed by atoms with Crippen molar-refractivity contribution in [3.05, 3.63) is 115 Å². The quantitative estimate of drug-likeness (QED) is 0.244. The van der Waals surface area contributed by atoms with Gasteiger partial charge in [0, 0.05) is 11.8 Å². The molecule has 15 heteroatoms. The lowest BCUT2D eigenvalue weighted by molar-refractivity contribution is -0.115. The highest BCUT2D eigenvalue weighted by Gasteiger charge is 2.67. The lowest BCUT2D eigenvalue weighted by Crippen LogP contribution is -2.57. The molecule has 2 aromatic carbocycles.